The maximum atomic E-state index is 14.6. The first-order valence-corrected chi connectivity index (χ1v) is 29.1. The zero-order valence-electron chi connectivity index (χ0n) is 49.2. The van der Waals surface area contributed by atoms with Crippen molar-refractivity contribution in [3.05, 3.63) is 65.5 Å². The third kappa shape index (κ3) is 22.1. The number of nitrogens with zero attached hydrogens (tertiary/aromatic N) is 4. The average Bonchev–Trinajstić information content (AvgIpc) is 4.18. The van der Waals surface area contributed by atoms with Crippen LogP contribution in [0.2, 0.25) is 0 Å². The monoisotopic (exact) mass is 1220 g/mol. The molecule has 2 aromatic heterocycles. The number of carbonyl (C=O) groups is 11. The van der Waals surface area contributed by atoms with Crippen molar-refractivity contribution in [2.24, 2.45) is 5.92 Å². The van der Waals surface area contributed by atoms with Gasteiger partial charge in [0.25, 0.3) is 0 Å². The van der Waals surface area contributed by atoms with Gasteiger partial charge in [-0.15, -0.1) is 5.10 Å². The fourth-order valence-electron chi connectivity index (χ4n) is 9.76. The highest BCUT2D eigenvalue weighted by molar-refractivity contribution is 5.98. The molecule has 6 rings (SSSR count). The third-order valence-corrected chi connectivity index (χ3v) is 14.7. The molecule has 1 aliphatic carbocycles. The molecule has 0 spiro atoms. The van der Waals surface area contributed by atoms with Crippen LogP contribution in [0.15, 0.2) is 43.0 Å². The lowest BCUT2D eigenvalue weighted by Crippen LogP contribution is -2.60. The number of aromatic nitrogens is 5. The highest BCUT2D eigenvalue weighted by Gasteiger charge is 2.37. The van der Waals surface area contributed by atoms with E-state index in [1.807, 2.05) is 20.8 Å². The van der Waals surface area contributed by atoms with Gasteiger partial charge in [0, 0.05) is 56.7 Å². The number of amides is 10. The van der Waals surface area contributed by atoms with E-state index in [1.165, 1.54) is 37.3 Å². The summed E-state index contributed by atoms with van der Waals surface area (Å²) in [5.41, 5.74) is -0.926. The van der Waals surface area contributed by atoms with Crippen LogP contribution in [-0.2, 0) is 84.7 Å². The van der Waals surface area contributed by atoms with Crippen molar-refractivity contribution >= 4 is 65.0 Å². The van der Waals surface area contributed by atoms with Gasteiger partial charge in [0.15, 0.2) is 0 Å². The quantitative estimate of drug-likeness (QED) is 0.109. The largest absolute Gasteiger partial charge is 0.481 e. The summed E-state index contributed by atoms with van der Waals surface area (Å²) in [6.45, 7) is 7.66. The normalized spacial score (nSPS) is 25.7. The molecule has 31 heteroatoms. The molecular formula is C56H79F3N16O12. The number of halogens is 3. The maximum absolute atomic E-state index is 14.6. The summed E-state index contributed by atoms with van der Waals surface area (Å²) in [6, 6.07) is -8.36. The first-order valence-electron chi connectivity index (χ1n) is 29.1. The van der Waals surface area contributed by atoms with E-state index in [0.29, 0.717) is 12.1 Å². The number of hydrogen-bond acceptors (Lipinski definition) is 15. The van der Waals surface area contributed by atoms with E-state index in [0.717, 1.165) is 37.1 Å². The van der Waals surface area contributed by atoms with Crippen LogP contribution in [0, 0.1) is 5.92 Å². The van der Waals surface area contributed by atoms with Gasteiger partial charge in [-0.2, -0.15) is 13.2 Å². The third-order valence-electron chi connectivity index (χ3n) is 14.7. The van der Waals surface area contributed by atoms with Gasteiger partial charge in [-0.1, -0.05) is 37.1 Å². The molecule has 1 aromatic carbocycles. The Morgan fingerprint density at radius 3 is 1.97 bits per heavy atom. The lowest BCUT2D eigenvalue weighted by atomic mass is 10.0. The van der Waals surface area contributed by atoms with Crippen LogP contribution >= 0.6 is 0 Å². The van der Waals surface area contributed by atoms with Gasteiger partial charge in [0.05, 0.1) is 35.9 Å². The van der Waals surface area contributed by atoms with Crippen molar-refractivity contribution in [1.82, 2.24) is 83.4 Å². The fourth-order valence-corrected chi connectivity index (χ4v) is 9.76. The topological polar surface area (TPSA) is 400 Å². The molecule has 4 heterocycles. The highest BCUT2D eigenvalue weighted by atomic mass is 19.4. The minimum Gasteiger partial charge on any atom is -0.481 e. The number of nitrogens with one attached hydrogen (secondary N) is 12. The number of hydrogen-bond donors (Lipinski definition) is 13. The van der Waals surface area contributed by atoms with Gasteiger partial charge in [-0.3, -0.25) is 57.4 Å². The van der Waals surface area contributed by atoms with Crippen LogP contribution in [0.4, 0.5) is 13.2 Å². The van der Waals surface area contributed by atoms with Gasteiger partial charge in [0.2, 0.25) is 59.1 Å². The lowest BCUT2D eigenvalue weighted by Gasteiger charge is -2.29. The van der Waals surface area contributed by atoms with E-state index >= 15 is 0 Å². The van der Waals surface area contributed by atoms with E-state index < -0.39 is 163 Å². The number of imidazole rings is 1. The zero-order chi connectivity index (χ0) is 63.6. The second-order valence-corrected chi connectivity index (χ2v) is 23.2. The Kier molecular flexibility index (Phi) is 24.3. The number of carboxylic acids is 1. The Morgan fingerprint density at radius 1 is 0.678 bits per heavy atom. The Bertz CT molecular complexity index is 2910. The Morgan fingerprint density at radius 2 is 1.31 bits per heavy atom. The first kappa shape index (κ1) is 67.6. The predicted molar refractivity (Wildman–Crippen MR) is 303 cm³/mol. The molecule has 0 unspecified atom stereocenters. The van der Waals surface area contributed by atoms with Crippen LogP contribution in [-0.4, -0.2) is 168 Å². The average molecular weight is 1230 g/mol. The summed E-state index contributed by atoms with van der Waals surface area (Å²) in [6.07, 6.45) is -0.254. The van der Waals surface area contributed by atoms with E-state index in [1.54, 1.807) is 0 Å². The van der Waals surface area contributed by atoms with Crippen molar-refractivity contribution in [3.63, 3.8) is 0 Å². The molecule has 0 radical (unpaired) electrons. The van der Waals surface area contributed by atoms with E-state index in [-0.39, 0.29) is 81.6 Å². The molecular weight excluding hydrogens is 1150 g/mol. The molecule has 3 aliphatic rings. The number of alkyl halides is 3. The molecule has 3 aromatic rings. The van der Waals surface area contributed by atoms with Crippen molar-refractivity contribution < 1.29 is 71.0 Å². The van der Waals surface area contributed by atoms with Gasteiger partial charge in [-0.25, -0.2) is 4.98 Å². The van der Waals surface area contributed by atoms with Crippen LogP contribution in [0.3, 0.4) is 0 Å². The molecule has 4 bridgehead atoms. The molecule has 87 heavy (non-hydrogen) atoms. The van der Waals surface area contributed by atoms with Crippen LogP contribution in [0.25, 0.3) is 0 Å². The van der Waals surface area contributed by atoms with Crippen LogP contribution < -0.4 is 58.5 Å². The summed E-state index contributed by atoms with van der Waals surface area (Å²) in [7, 11) is 0. The Hall–Kier alpha value is -8.51. The van der Waals surface area contributed by atoms with E-state index in [9.17, 15) is 71.0 Å². The first-order chi connectivity index (χ1) is 41.1. The number of H-pyrrole nitrogens is 1. The number of fused-ring (bicyclic) bond motifs is 4. The van der Waals surface area contributed by atoms with Gasteiger partial charge in [0.1, 0.15) is 48.3 Å². The van der Waals surface area contributed by atoms with Crippen LogP contribution in [0.5, 0.6) is 0 Å². The molecule has 476 valence electrons. The molecule has 0 saturated heterocycles. The SMILES string of the molecule is CC[C@@H]1NC(=O)[C@H]2Cc3cn(nn3)CCC[C@@H](NC(=O)[C@H](C)NC(=O)[C@H](NC(C)(C)C)CCCCNC(=O)[C@H](Cc3ccc(C(F)(F)F)cc3)NC1=O)C(=O)N[C@@H](Cc1c[nH]cn1)C(=O)N[C@@H](CC1CC1)C(=O)NCC(=O)N[C@@H](CCC(=O)O)C(=O)N2. The summed E-state index contributed by atoms with van der Waals surface area (Å²) in [5.74, 6) is -9.84. The van der Waals surface area contributed by atoms with Crippen molar-refractivity contribution in [2.75, 3.05) is 13.1 Å². The summed E-state index contributed by atoms with van der Waals surface area (Å²) < 4.78 is 42.0. The van der Waals surface area contributed by atoms with E-state index in [4.69, 9.17) is 0 Å². The molecule has 13 N–H and O–H groups in total. The maximum Gasteiger partial charge on any atom is 0.416 e. The van der Waals surface area contributed by atoms with Gasteiger partial charge < -0.3 is 68.6 Å². The number of aryl methyl sites for hydroxylation is 1. The fraction of sp³-hybridized carbons (Fsp3) is 0.607. The summed E-state index contributed by atoms with van der Waals surface area (Å²) in [5, 5.41) is 47.4. The Labute approximate surface area is 499 Å². The molecule has 1 fully saturated rings. The number of carbonyl (C=O) groups excluding carboxylic acids is 10. The zero-order valence-corrected chi connectivity index (χ0v) is 49.2. The minimum absolute atomic E-state index is 0.00190. The molecule has 28 nitrogen and oxygen atoms in total. The van der Waals surface area contributed by atoms with E-state index in [2.05, 4.69) is 78.8 Å². The Balaban J connectivity index is 1.39. The second kappa shape index (κ2) is 31.2. The molecule has 10 amide bonds. The highest BCUT2D eigenvalue weighted by Crippen LogP contribution is 2.34. The standard InChI is InChI=1S/C56H79F3N16O12/c1-6-36-49(82)68-40(23-32-14-16-33(17-15-32)56(57,58)59)47(80)61-20-8-7-10-39(72-55(3,4)5)52(85)64-30(2)46(79)67-37-11-9-21-75-28-35(73-74-75)25-43(53(86)66-36)71-51(84)38(18-19-45(77)78)65-44(76)27-62-48(81)41(22-31-12-13-31)69-54(87)42(70-50(37)83)24-34-26-60-29-63-34/h14-17,26,28-31,36-43,72H,6-13,18-25,27H2,1-5H3,(H,60,63)(H,61,80)(H,62,81)(H,64,85)(H,65,76)(H,66,86)(H,67,79)(H,68,82)(H,69,87)(H,70,83)(H,71,84)(H,77,78)/t30-,36-,37+,38-,39+,40-,41-,42-,43+/m0/s1. The van der Waals surface area contributed by atoms with Crippen molar-refractivity contribution in [3.8, 4) is 0 Å². The van der Waals surface area contributed by atoms with Gasteiger partial charge in [-0.05, 0) is 103 Å². The predicted octanol–water partition coefficient (Wildman–Crippen LogP) is -1.01. The number of aliphatic carboxylic acids is 1. The molecule has 9 atom stereocenters. The minimum atomic E-state index is -4.67. The van der Waals surface area contributed by atoms with Crippen molar-refractivity contribution in [1.29, 1.82) is 0 Å². The van der Waals surface area contributed by atoms with Crippen LogP contribution in [0.1, 0.15) is 128 Å². The molecule has 2 aliphatic heterocycles. The number of rotatable bonds is 11. The lowest BCUT2D eigenvalue weighted by molar-refractivity contribution is -0.139. The molecule has 1 saturated carbocycles. The number of carboxylic acid groups (broad SMARTS) is 1. The smallest absolute Gasteiger partial charge is 0.416 e. The second-order valence-electron chi connectivity index (χ2n) is 23.2. The van der Waals surface area contributed by atoms with Gasteiger partial charge >= 0.3 is 12.1 Å². The summed E-state index contributed by atoms with van der Waals surface area (Å²) >= 11 is 0. The van der Waals surface area contributed by atoms with Crippen molar-refractivity contribution in [2.45, 2.75) is 197 Å². The number of aromatic amines is 1. The summed E-state index contributed by atoms with van der Waals surface area (Å²) in [4.78, 5) is 161. The number of benzene rings is 1.